The molecule has 0 aliphatic carbocycles. The van der Waals surface area contributed by atoms with Gasteiger partial charge in [-0.15, -0.1) is 0 Å². The van der Waals surface area contributed by atoms with Crippen LogP contribution in [-0.4, -0.2) is 27.2 Å². The van der Waals surface area contributed by atoms with Gasteiger partial charge < -0.3 is 12.8 Å². The summed E-state index contributed by atoms with van der Waals surface area (Å²) in [6.45, 7) is -1.17. The van der Waals surface area contributed by atoms with Crippen LogP contribution in [0.15, 0.2) is 0 Å². The molecule has 0 amide bonds. The third-order valence-electron chi connectivity index (χ3n) is 0. The van der Waals surface area contributed by atoms with E-state index in [0.29, 0.717) is 0 Å². The second-order valence-electron chi connectivity index (χ2n) is 0.491. The van der Waals surface area contributed by atoms with E-state index in [1.54, 1.807) is 0 Å². The van der Waals surface area contributed by atoms with Crippen molar-refractivity contribution in [2.75, 3.05) is 0 Å². The predicted molar refractivity (Wildman–Crippen MR) is 19.5 cm³/mol. The van der Waals surface area contributed by atoms with E-state index in [9.17, 15) is 0 Å². The third kappa shape index (κ3) is 120. The molecule has 0 unspecified atom stereocenters. The van der Waals surface area contributed by atoms with Crippen molar-refractivity contribution in [2.45, 2.75) is 0 Å². The lowest BCUT2D eigenvalue weighted by atomic mass is 9.32. The fraction of sp³-hybridized carbons (Fsp3) is 0. The lowest BCUT2D eigenvalue weighted by Gasteiger charge is -1.97. The maximum Gasteiger partial charge on any atom is 0.00585 e. The third-order valence-corrected chi connectivity index (χ3v) is 0. The monoisotopic (exact) mass is 50.0 g/mol. The maximum absolute atomic E-state index is 7.61. The van der Waals surface area contributed by atoms with Crippen LogP contribution >= 0.6 is 0 Å². The number of rotatable bonds is 0. The Balaban J connectivity index is 2.32. The molecule has 4 heavy (non-hydrogen) atoms. The normalized spacial score (nSPS) is 6.50. The molecule has 0 spiro atoms. The van der Waals surface area contributed by atoms with Gasteiger partial charge in [0, 0.05) is 7.74 Å². The van der Waals surface area contributed by atoms with Crippen molar-refractivity contribution in [2.24, 2.45) is 0 Å². The first kappa shape index (κ1) is 4.15. The molecule has 1 N–H and O–H groups in total. The Hall–Kier alpha value is 0.155. The number of hydrogen-bond acceptors (Lipinski definition) is 1. The first-order valence-electron chi connectivity index (χ1n) is 0.925. The highest BCUT2D eigenvalue weighted by molar-refractivity contribution is 7.25. The Morgan fingerprint density at radius 3 is 2.00 bits per heavy atom. The molecular weight excluding hydrogens is 48.4 g/mol. The second-order valence-corrected chi connectivity index (χ2v) is 0.491. The average molecular weight is 49.4 g/mol. The van der Waals surface area contributed by atoms with Gasteiger partial charge in [-0.1, -0.05) is 0 Å². The Morgan fingerprint density at radius 2 is 2.00 bits per heavy atom. The van der Waals surface area contributed by atoms with Gasteiger partial charge in [0.2, 0.25) is 0 Å². The molecule has 0 atom stereocenters. The van der Waals surface area contributed by atoms with Gasteiger partial charge in [-0.3, -0.25) is 0 Å². The fourth-order valence-electron chi connectivity index (χ4n) is 0. The zero-order chi connectivity index (χ0) is 3.58. The molecule has 0 fully saturated rings. The van der Waals surface area contributed by atoms with E-state index in [-0.39, 0.29) is 0 Å². The van der Waals surface area contributed by atoms with Crippen molar-refractivity contribution >= 4 is 22.2 Å². The van der Waals surface area contributed by atoms with Gasteiger partial charge in [0.05, 0.1) is 0 Å². The number of hydrogen-bond donors (Lipinski definition) is 1. The Morgan fingerprint density at radius 1 is 2.00 bits per heavy atom. The van der Waals surface area contributed by atoms with Crippen LogP contribution in [0.1, 0.15) is 0 Å². The van der Waals surface area contributed by atoms with E-state index >= 15 is 0 Å². The summed E-state index contributed by atoms with van der Waals surface area (Å²) >= 11 is 0. The van der Waals surface area contributed by atoms with Crippen molar-refractivity contribution in [3.8, 4) is 0 Å². The lowest BCUT2D eigenvalue weighted by Crippen LogP contribution is -2.10. The van der Waals surface area contributed by atoms with E-state index < -0.39 is 6.70 Å². The van der Waals surface area contributed by atoms with Crippen molar-refractivity contribution < 1.29 is 5.02 Å². The van der Waals surface area contributed by atoms with Crippen LogP contribution in [-0.2, 0) is 0 Å². The molecule has 0 bridgehead atoms. The molecular formula is HB3O-. The quantitative estimate of drug-likeness (QED) is 0.324. The van der Waals surface area contributed by atoms with Crippen molar-refractivity contribution in [1.29, 1.82) is 0 Å². The summed E-state index contributed by atoms with van der Waals surface area (Å²) in [6.07, 6.45) is 0. The molecule has 0 aromatic rings. The van der Waals surface area contributed by atoms with Crippen LogP contribution < -0.4 is 0 Å². The molecule has 17 valence electrons. The van der Waals surface area contributed by atoms with Crippen LogP contribution in [0.3, 0.4) is 0 Å². The molecule has 0 aromatic carbocycles. The van der Waals surface area contributed by atoms with Crippen molar-refractivity contribution in [3.63, 3.8) is 0 Å². The Labute approximate surface area is 28.3 Å². The Kier molecular flexibility index (Phi) is 1.53. The zero-order valence-corrected chi connectivity index (χ0v) is 2.18. The van der Waals surface area contributed by atoms with Gasteiger partial charge in [-0.2, -0.15) is 0 Å². The van der Waals surface area contributed by atoms with Gasteiger partial charge in [0.15, 0.2) is 0 Å². The van der Waals surface area contributed by atoms with Crippen molar-refractivity contribution in [1.82, 2.24) is 0 Å². The van der Waals surface area contributed by atoms with E-state index in [0.717, 1.165) is 0 Å². The van der Waals surface area contributed by atoms with Gasteiger partial charge >= 0.3 is 0 Å². The molecule has 4 heteroatoms. The van der Waals surface area contributed by atoms with Crippen LogP contribution in [0.25, 0.3) is 0 Å². The van der Waals surface area contributed by atoms with Gasteiger partial charge in [-0.05, 0) is 6.70 Å². The smallest absolute Gasteiger partial charge is 0.00585 e. The summed E-state index contributed by atoms with van der Waals surface area (Å²) in [5.74, 6) is 0. The predicted octanol–water partition coefficient (Wildman–Crippen LogP) is -1.70. The minimum Gasteiger partial charge on any atom is -0.637 e. The molecule has 0 saturated heterocycles. The van der Waals surface area contributed by atoms with Gasteiger partial charge in [0.25, 0.3) is 0 Å². The molecule has 0 aliphatic rings. The second kappa shape index (κ2) is 1.47. The molecule has 0 rings (SSSR count). The maximum atomic E-state index is 7.61. The first-order chi connectivity index (χ1) is 1.73. The van der Waals surface area contributed by atoms with E-state index in [2.05, 4.69) is 15.5 Å². The molecule has 0 aromatic heterocycles. The van der Waals surface area contributed by atoms with Crippen LogP contribution in [0.5, 0.6) is 0 Å². The minimum absolute atomic E-state index is 1.17. The van der Waals surface area contributed by atoms with E-state index in [4.69, 9.17) is 5.02 Å². The van der Waals surface area contributed by atoms with Crippen molar-refractivity contribution in [3.05, 3.63) is 0 Å². The van der Waals surface area contributed by atoms with Crippen LogP contribution in [0.2, 0.25) is 0 Å². The summed E-state index contributed by atoms with van der Waals surface area (Å²) in [5, 5.41) is 7.61. The standard InChI is InChI=1S/B3HO/c1-3(2)4/h4H/q-1. The molecule has 5 radical (unpaired) electrons. The summed E-state index contributed by atoms with van der Waals surface area (Å²) in [7, 11) is 8.89. The molecule has 0 saturated carbocycles. The summed E-state index contributed by atoms with van der Waals surface area (Å²) in [6, 6.07) is 0. The zero-order valence-electron chi connectivity index (χ0n) is 2.18. The SMILES string of the molecule is [B]B([B-])O. The largest absolute Gasteiger partial charge is 0.637 e. The van der Waals surface area contributed by atoms with E-state index in [1.165, 1.54) is 0 Å². The Bertz CT molecular complexity index is 8.00. The van der Waals surface area contributed by atoms with Gasteiger partial charge in [-0.25, -0.2) is 0 Å². The first-order valence-corrected chi connectivity index (χ1v) is 0.925. The van der Waals surface area contributed by atoms with Gasteiger partial charge in [0.1, 0.15) is 0 Å². The molecule has 0 aliphatic heterocycles. The van der Waals surface area contributed by atoms with E-state index in [1.807, 2.05) is 0 Å². The highest BCUT2D eigenvalue weighted by atomic mass is 16.2. The summed E-state index contributed by atoms with van der Waals surface area (Å²) < 4.78 is 0. The summed E-state index contributed by atoms with van der Waals surface area (Å²) in [4.78, 5) is 0. The minimum atomic E-state index is -1.17. The molecule has 0 heterocycles. The fourth-order valence-corrected chi connectivity index (χ4v) is 0. The average Bonchev–Trinajstić information content (AvgIpc) is 0.811. The highest BCUT2D eigenvalue weighted by Gasteiger charge is 1.55. The topological polar surface area (TPSA) is 20.2 Å². The lowest BCUT2D eigenvalue weighted by molar-refractivity contribution is 0.614. The highest BCUT2D eigenvalue weighted by Crippen LogP contribution is 1.37. The molecule has 1 nitrogen and oxygen atoms in total. The van der Waals surface area contributed by atoms with Crippen LogP contribution in [0, 0.1) is 0 Å². The van der Waals surface area contributed by atoms with Crippen LogP contribution in [0.4, 0.5) is 0 Å². The summed E-state index contributed by atoms with van der Waals surface area (Å²) in [5.41, 5.74) is 0.